The summed E-state index contributed by atoms with van der Waals surface area (Å²) in [6.45, 7) is 1.92. The van der Waals surface area contributed by atoms with Crippen LogP contribution in [-0.2, 0) is 9.53 Å². The fraction of sp³-hybridized carbons (Fsp3) is 0.222. The zero-order valence-corrected chi connectivity index (χ0v) is 15.9. The Kier molecular flexibility index (Phi) is 6.68. The maximum atomic E-state index is 12.3. The van der Waals surface area contributed by atoms with Gasteiger partial charge >= 0.3 is 5.97 Å². The molecule has 2 rings (SSSR count). The molecule has 3 nitrogen and oxygen atoms in total. The van der Waals surface area contributed by atoms with Crippen LogP contribution in [0.25, 0.3) is 0 Å². The lowest BCUT2D eigenvalue weighted by Gasteiger charge is -2.22. The molecule has 0 saturated heterocycles. The molecule has 24 heavy (non-hydrogen) atoms. The van der Waals surface area contributed by atoms with E-state index in [-0.39, 0.29) is 6.61 Å². The van der Waals surface area contributed by atoms with Crippen LogP contribution in [0.4, 0.5) is 0 Å². The summed E-state index contributed by atoms with van der Waals surface area (Å²) in [5.74, 6) is -2.04. The topological polar surface area (TPSA) is 50.1 Å². The summed E-state index contributed by atoms with van der Waals surface area (Å²) < 4.78 is 5.97. The Hall–Kier alpha value is -1.54. The summed E-state index contributed by atoms with van der Waals surface area (Å²) in [5.41, 5.74) is 1.54. The fourth-order valence-corrected chi connectivity index (χ4v) is 3.02. The highest BCUT2D eigenvalue weighted by Crippen LogP contribution is 2.36. The van der Waals surface area contributed by atoms with Crippen LogP contribution in [0.5, 0.6) is 0 Å². The van der Waals surface area contributed by atoms with Gasteiger partial charge in [0.25, 0.3) is 0 Å². The number of hydrogen-bond acceptors (Lipinski definition) is 3. The summed E-state index contributed by atoms with van der Waals surface area (Å²) in [5, 5.41) is 10.4. The number of ether oxygens (including phenoxy) is 1. The molecule has 0 aliphatic rings. The lowest BCUT2D eigenvalue weighted by molar-refractivity contribution is -0.146. The van der Waals surface area contributed by atoms with Crippen LogP contribution in [0.3, 0.4) is 0 Å². The van der Waals surface area contributed by atoms with Crippen LogP contribution in [0.15, 0.2) is 46.9 Å². The molecule has 0 saturated carbocycles. The van der Waals surface area contributed by atoms with E-state index in [4.69, 9.17) is 27.9 Å². The van der Waals surface area contributed by atoms with Crippen LogP contribution in [0.2, 0.25) is 10.0 Å². The predicted molar refractivity (Wildman–Crippen MR) is 98.2 cm³/mol. The largest absolute Gasteiger partial charge is 0.465 e. The molecule has 0 aliphatic carbocycles. The first-order valence-corrected chi connectivity index (χ1v) is 8.79. The molecule has 2 aromatic rings. The van der Waals surface area contributed by atoms with Crippen molar-refractivity contribution in [2.45, 2.75) is 12.8 Å². The quantitative estimate of drug-likeness (QED) is 0.585. The monoisotopic (exact) mass is 425 g/mol. The van der Waals surface area contributed by atoms with Gasteiger partial charge in [0.15, 0.2) is 5.92 Å². The minimum Gasteiger partial charge on any atom is -0.465 e. The van der Waals surface area contributed by atoms with Gasteiger partial charge in [-0.2, -0.15) is 5.26 Å². The smallest absolute Gasteiger partial charge is 0.324 e. The van der Waals surface area contributed by atoms with Gasteiger partial charge < -0.3 is 4.74 Å². The Bertz CT molecular complexity index is 772. The van der Waals surface area contributed by atoms with Crippen LogP contribution in [0.1, 0.15) is 24.0 Å². The van der Waals surface area contributed by atoms with Crippen LogP contribution in [0, 0.1) is 17.2 Å². The van der Waals surface area contributed by atoms with Gasteiger partial charge in [0, 0.05) is 10.4 Å². The summed E-state index contributed by atoms with van der Waals surface area (Å²) in [4.78, 5) is 12.3. The van der Waals surface area contributed by atoms with Crippen molar-refractivity contribution < 1.29 is 9.53 Å². The van der Waals surface area contributed by atoms with Crippen molar-refractivity contribution in [3.8, 4) is 6.07 Å². The zero-order chi connectivity index (χ0) is 17.7. The molecular weight excluding hydrogens is 413 g/mol. The fourth-order valence-electron chi connectivity index (χ4n) is 2.45. The number of rotatable bonds is 5. The van der Waals surface area contributed by atoms with Gasteiger partial charge in [-0.3, -0.25) is 4.79 Å². The zero-order valence-electron chi connectivity index (χ0n) is 12.8. The van der Waals surface area contributed by atoms with Crippen molar-refractivity contribution in [3.05, 3.63) is 68.1 Å². The number of nitrogens with zero attached hydrogens (tertiary/aromatic N) is 1. The van der Waals surface area contributed by atoms with Crippen molar-refractivity contribution in [3.63, 3.8) is 0 Å². The van der Waals surface area contributed by atoms with Crippen molar-refractivity contribution in [1.82, 2.24) is 0 Å². The molecular formula is C18H14BrCl2NO2. The number of esters is 1. The second-order valence-electron chi connectivity index (χ2n) is 5.06. The van der Waals surface area contributed by atoms with E-state index in [1.165, 1.54) is 0 Å². The van der Waals surface area contributed by atoms with Crippen molar-refractivity contribution >= 4 is 45.1 Å². The molecule has 0 bridgehead atoms. The van der Waals surface area contributed by atoms with Gasteiger partial charge in [0.05, 0.1) is 22.7 Å². The maximum absolute atomic E-state index is 12.3. The minimum absolute atomic E-state index is 0.214. The standard InChI is InChI=1S/C18H14BrCl2NO2/c1-2-24-18(23)14(10-22)17(11-3-6-13(19)7-4-11)12-5-8-15(20)16(21)9-12/h3-9,14,17H,2H2,1H3. The summed E-state index contributed by atoms with van der Waals surface area (Å²) in [6, 6.07) is 14.6. The number of carbonyl (C=O) groups excluding carboxylic acids is 1. The molecule has 0 amide bonds. The van der Waals surface area contributed by atoms with Crippen LogP contribution >= 0.6 is 39.1 Å². The second kappa shape index (κ2) is 8.53. The first-order valence-electron chi connectivity index (χ1n) is 7.24. The van der Waals surface area contributed by atoms with E-state index >= 15 is 0 Å². The Labute approximate surface area is 159 Å². The average molecular weight is 427 g/mol. The van der Waals surface area contributed by atoms with E-state index in [0.717, 1.165) is 15.6 Å². The SMILES string of the molecule is CCOC(=O)C(C#N)C(c1ccc(Br)cc1)c1ccc(Cl)c(Cl)c1. The number of carbonyl (C=O) groups is 1. The molecule has 2 unspecified atom stereocenters. The molecule has 6 heteroatoms. The number of halogens is 3. The van der Waals surface area contributed by atoms with Gasteiger partial charge in [-0.25, -0.2) is 0 Å². The van der Waals surface area contributed by atoms with E-state index < -0.39 is 17.8 Å². The first-order chi connectivity index (χ1) is 11.5. The molecule has 0 fully saturated rings. The van der Waals surface area contributed by atoms with E-state index in [2.05, 4.69) is 22.0 Å². The number of benzene rings is 2. The third kappa shape index (κ3) is 4.30. The van der Waals surface area contributed by atoms with Gasteiger partial charge in [0.1, 0.15) is 0 Å². The molecule has 0 spiro atoms. The van der Waals surface area contributed by atoms with Gasteiger partial charge in [-0.05, 0) is 42.3 Å². The van der Waals surface area contributed by atoms with Crippen molar-refractivity contribution in [2.24, 2.45) is 5.92 Å². The molecule has 0 aromatic heterocycles. The molecule has 124 valence electrons. The van der Waals surface area contributed by atoms with Crippen LogP contribution < -0.4 is 0 Å². The highest BCUT2D eigenvalue weighted by Gasteiger charge is 2.32. The van der Waals surface area contributed by atoms with E-state index in [1.54, 1.807) is 25.1 Å². The molecule has 0 radical (unpaired) electrons. The Balaban J connectivity index is 2.55. The molecule has 2 aromatic carbocycles. The molecule has 0 aliphatic heterocycles. The third-order valence-electron chi connectivity index (χ3n) is 3.54. The lowest BCUT2D eigenvalue weighted by Crippen LogP contribution is -2.24. The second-order valence-corrected chi connectivity index (χ2v) is 6.79. The minimum atomic E-state index is -0.983. The van der Waals surface area contributed by atoms with Gasteiger partial charge in [-0.1, -0.05) is 57.3 Å². The van der Waals surface area contributed by atoms with E-state index in [1.807, 2.05) is 24.3 Å². The molecule has 0 N–H and O–H groups in total. The van der Waals surface area contributed by atoms with Crippen molar-refractivity contribution in [2.75, 3.05) is 6.61 Å². The first kappa shape index (κ1) is 18.8. The normalized spacial score (nSPS) is 13.0. The van der Waals surface area contributed by atoms with Gasteiger partial charge in [0.2, 0.25) is 0 Å². The maximum Gasteiger partial charge on any atom is 0.324 e. The summed E-state index contributed by atoms with van der Waals surface area (Å²) in [6.07, 6.45) is 0. The van der Waals surface area contributed by atoms with Crippen LogP contribution in [-0.4, -0.2) is 12.6 Å². The third-order valence-corrected chi connectivity index (χ3v) is 4.81. The van der Waals surface area contributed by atoms with Crippen molar-refractivity contribution in [1.29, 1.82) is 5.26 Å². The number of hydrogen-bond donors (Lipinski definition) is 0. The molecule has 0 heterocycles. The lowest BCUT2D eigenvalue weighted by atomic mass is 9.81. The van der Waals surface area contributed by atoms with E-state index in [9.17, 15) is 10.1 Å². The summed E-state index contributed by atoms with van der Waals surface area (Å²) >= 11 is 15.5. The predicted octanol–water partition coefficient (Wildman–Crippen LogP) is 5.59. The average Bonchev–Trinajstić information content (AvgIpc) is 2.56. The Morgan fingerprint density at radius 3 is 2.33 bits per heavy atom. The highest BCUT2D eigenvalue weighted by molar-refractivity contribution is 9.10. The summed E-state index contributed by atoms with van der Waals surface area (Å²) in [7, 11) is 0. The highest BCUT2D eigenvalue weighted by atomic mass is 79.9. The Morgan fingerprint density at radius 2 is 1.79 bits per heavy atom. The molecule has 2 atom stereocenters. The number of nitriles is 1. The van der Waals surface area contributed by atoms with E-state index in [0.29, 0.717) is 10.0 Å². The van der Waals surface area contributed by atoms with Gasteiger partial charge in [-0.15, -0.1) is 0 Å². The Morgan fingerprint density at radius 1 is 1.17 bits per heavy atom.